The van der Waals surface area contributed by atoms with Gasteiger partial charge in [-0.3, -0.25) is 14.5 Å². The number of rotatable bonds is 3. The van der Waals surface area contributed by atoms with E-state index in [-0.39, 0.29) is 11.8 Å². The van der Waals surface area contributed by atoms with Gasteiger partial charge in [-0.2, -0.15) is 0 Å². The van der Waals surface area contributed by atoms with Crippen molar-refractivity contribution in [2.24, 2.45) is 0 Å². The fourth-order valence-corrected chi connectivity index (χ4v) is 3.17. The molecule has 3 heterocycles. The van der Waals surface area contributed by atoms with Crippen LogP contribution in [0, 0.1) is 0 Å². The molecular formula is C16H23N5O2. The lowest BCUT2D eigenvalue weighted by Crippen LogP contribution is -2.41. The monoisotopic (exact) mass is 317 g/mol. The van der Waals surface area contributed by atoms with E-state index in [1.165, 1.54) is 6.33 Å². The fourth-order valence-electron chi connectivity index (χ4n) is 3.17. The molecule has 0 radical (unpaired) electrons. The molecule has 1 aromatic heterocycles. The third-order valence-corrected chi connectivity index (χ3v) is 4.49. The summed E-state index contributed by atoms with van der Waals surface area (Å²) >= 11 is 0. The van der Waals surface area contributed by atoms with Crippen LogP contribution in [-0.2, 0) is 4.79 Å². The van der Waals surface area contributed by atoms with Gasteiger partial charge in [-0.05, 0) is 25.3 Å². The summed E-state index contributed by atoms with van der Waals surface area (Å²) in [6, 6.07) is 1.64. The van der Waals surface area contributed by atoms with Crippen molar-refractivity contribution in [2.45, 2.75) is 19.3 Å². The van der Waals surface area contributed by atoms with Crippen LogP contribution in [0.4, 0.5) is 0 Å². The van der Waals surface area contributed by atoms with Crippen LogP contribution in [0.3, 0.4) is 0 Å². The Balaban J connectivity index is 1.52. The molecule has 124 valence electrons. The standard InChI is InChI=1S/C16H23N5O2/c22-15(20-7-1-2-8-20)12-19-6-3-9-21(11-10-19)16(23)14-4-5-17-13-18-14/h4-5,13H,1-3,6-12H2. The molecule has 2 aliphatic rings. The van der Waals surface area contributed by atoms with E-state index in [0.717, 1.165) is 45.4 Å². The lowest BCUT2D eigenvalue weighted by molar-refractivity contribution is -0.131. The van der Waals surface area contributed by atoms with Crippen LogP contribution >= 0.6 is 0 Å². The molecule has 0 aromatic carbocycles. The first kappa shape index (κ1) is 15.9. The Morgan fingerprint density at radius 2 is 1.74 bits per heavy atom. The number of hydrogen-bond acceptors (Lipinski definition) is 5. The molecule has 2 amide bonds. The van der Waals surface area contributed by atoms with Crippen LogP contribution in [0.2, 0.25) is 0 Å². The van der Waals surface area contributed by atoms with Gasteiger partial charge in [0.1, 0.15) is 12.0 Å². The first-order valence-corrected chi connectivity index (χ1v) is 8.29. The van der Waals surface area contributed by atoms with E-state index in [2.05, 4.69) is 14.9 Å². The van der Waals surface area contributed by atoms with Crippen molar-refractivity contribution in [3.63, 3.8) is 0 Å². The number of nitrogens with zero attached hydrogens (tertiary/aromatic N) is 5. The predicted molar refractivity (Wildman–Crippen MR) is 84.8 cm³/mol. The van der Waals surface area contributed by atoms with Gasteiger partial charge in [0.15, 0.2) is 0 Å². The van der Waals surface area contributed by atoms with E-state index in [1.807, 2.05) is 9.80 Å². The van der Waals surface area contributed by atoms with Gasteiger partial charge in [-0.15, -0.1) is 0 Å². The van der Waals surface area contributed by atoms with Gasteiger partial charge in [0.2, 0.25) is 5.91 Å². The Morgan fingerprint density at radius 3 is 2.48 bits per heavy atom. The van der Waals surface area contributed by atoms with Crippen molar-refractivity contribution in [1.29, 1.82) is 0 Å². The van der Waals surface area contributed by atoms with E-state index in [1.54, 1.807) is 12.3 Å². The van der Waals surface area contributed by atoms with Crippen molar-refractivity contribution >= 4 is 11.8 Å². The SMILES string of the molecule is O=C(CN1CCCN(C(=O)c2ccncn2)CC1)N1CCCC1. The number of amides is 2. The zero-order chi connectivity index (χ0) is 16.1. The summed E-state index contributed by atoms with van der Waals surface area (Å²) in [5, 5.41) is 0. The summed E-state index contributed by atoms with van der Waals surface area (Å²) in [6.07, 6.45) is 6.09. The molecule has 2 aliphatic heterocycles. The molecule has 7 heteroatoms. The van der Waals surface area contributed by atoms with Gasteiger partial charge < -0.3 is 9.80 Å². The predicted octanol–water partition coefficient (Wildman–Crippen LogP) is 0.247. The minimum atomic E-state index is -0.0554. The molecule has 0 N–H and O–H groups in total. The smallest absolute Gasteiger partial charge is 0.272 e. The van der Waals surface area contributed by atoms with Crippen LogP contribution in [0.5, 0.6) is 0 Å². The first-order chi connectivity index (χ1) is 11.2. The summed E-state index contributed by atoms with van der Waals surface area (Å²) in [5.74, 6) is 0.165. The molecule has 0 saturated carbocycles. The second kappa shape index (κ2) is 7.50. The Morgan fingerprint density at radius 1 is 0.957 bits per heavy atom. The van der Waals surface area contributed by atoms with Crippen molar-refractivity contribution in [3.05, 3.63) is 24.3 Å². The molecule has 0 spiro atoms. The van der Waals surface area contributed by atoms with Crippen LogP contribution in [0.1, 0.15) is 29.8 Å². The van der Waals surface area contributed by atoms with Crippen LogP contribution < -0.4 is 0 Å². The summed E-state index contributed by atoms with van der Waals surface area (Å²) < 4.78 is 0. The normalized spacial score (nSPS) is 19.7. The van der Waals surface area contributed by atoms with Crippen LogP contribution in [0.25, 0.3) is 0 Å². The number of carbonyl (C=O) groups excluding carboxylic acids is 2. The van der Waals surface area contributed by atoms with Gasteiger partial charge in [0.25, 0.3) is 5.91 Å². The van der Waals surface area contributed by atoms with Gasteiger partial charge >= 0.3 is 0 Å². The molecule has 0 bridgehead atoms. The second-order valence-corrected chi connectivity index (χ2v) is 6.10. The first-order valence-electron chi connectivity index (χ1n) is 8.29. The summed E-state index contributed by atoms with van der Waals surface area (Å²) in [7, 11) is 0. The third-order valence-electron chi connectivity index (χ3n) is 4.49. The second-order valence-electron chi connectivity index (χ2n) is 6.10. The Bertz CT molecular complexity index is 545. The third kappa shape index (κ3) is 4.04. The number of carbonyl (C=O) groups is 2. The highest BCUT2D eigenvalue weighted by molar-refractivity contribution is 5.92. The average Bonchev–Trinajstić information content (AvgIpc) is 3.03. The molecular weight excluding hydrogens is 294 g/mol. The Kier molecular flexibility index (Phi) is 5.17. The molecule has 0 unspecified atom stereocenters. The maximum atomic E-state index is 12.4. The highest BCUT2D eigenvalue weighted by Crippen LogP contribution is 2.10. The lowest BCUT2D eigenvalue weighted by Gasteiger charge is -2.23. The molecule has 1 aromatic rings. The lowest BCUT2D eigenvalue weighted by atomic mass is 10.3. The largest absolute Gasteiger partial charge is 0.342 e. The van der Waals surface area contributed by atoms with Gasteiger partial charge in [-0.25, -0.2) is 9.97 Å². The van der Waals surface area contributed by atoms with E-state index in [4.69, 9.17) is 0 Å². The van der Waals surface area contributed by atoms with Crippen molar-refractivity contribution in [3.8, 4) is 0 Å². The van der Waals surface area contributed by atoms with Gasteiger partial charge in [-0.1, -0.05) is 0 Å². The molecule has 2 saturated heterocycles. The van der Waals surface area contributed by atoms with Crippen LogP contribution in [-0.4, -0.2) is 82.3 Å². The average molecular weight is 317 g/mol. The topological polar surface area (TPSA) is 69.6 Å². The number of aromatic nitrogens is 2. The molecule has 23 heavy (non-hydrogen) atoms. The highest BCUT2D eigenvalue weighted by atomic mass is 16.2. The maximum Gasteiger partial charge on any atom is 0.272 e. The van der Waals surface area contributed by atoms with E-state index < -0.39 is 0 Å². The molecule has 0 aliphatic carbocycles. The summed E-state index contributed by atoms with van der Waals surface area (Å²) in [6.45, 7) is 5.18. The van der Waals surface area contributed by atoms with Gasteiger partial charge in [0, 0.05) is 45.5 Å². The summed E-state index contributed by atoms with van der Waals surface area (Å²) in [4.78, 5) is 38.5. The molecule has 3 rings (SSSR count). The zero-order valence-electron chi connectivity index (χ0n) is 13.4. The zero-order valence-corrected chi connectivity index (χ0v) is 13.4. The minimum absolute atomic E-state index is 0.0554. The van der Waals surface area contributed by atoms with Crippen LogP contribution in [0.15, 0.2) is 18.6 Å². The van der Waals surface area contributed by atoms with E-state index >= 15 is 0 Å². The number of hydrogen-bond donors (Lipinski definition) is 0. The fraction of sp³-hybridized carbons (Fsp3) is 0.625. The quantitative estimate of drug-likeness (QED) is 0.799. The molecule has 2 fully saturated rings. The highest BCUT2D eigenvalue weighted by Gasteiger charge is 2.24. The van der Waals surface area contributed by atoms with Gasteiger partial charge in [0.05, 0.1) is 6.54 Å². The minimum Gasteiger partial charge on any atom is -0.342 e. The molecule has 7 nitrogen and oxygen atoms in total. The maximum absolute atomic E-state index is 12.4. The van der Waals surface area contributed by atoms with Crippen molar-refractivity contribution in [1.82, 2.24) is 24.7 Å². The number of likely N-dealkylation sites (tertiary alicyclic amines) is 1. The Labute approximate surface area is 136 Å². The molecule has 0 atom stereocenters. The van der Waals surface area contributed by atoms with E-state index in [9.17, 15) is 9.59 Å². The van der Waals surface area contributed by atoms with E-state index in [0.29, 0.717) is 25.3 Å². The Hall–Kier alpha value is -2.02. The van der Waals surface area contributed by atoms with Crippen molar-refractivity contribution in [2.75, 3.05) is 45.8 Å². The summed E-state index contributed by atoms with van der Waals surface area (Å²) in [5.41, 5.74) is 0.432. The van der Waals surface area contributed by atoms with Crippen molar-refractivity contribution < 1.29 is 9.59 Å².